The molecule has 84 valence electrons. The topological polar surface area (TPSA) is 54.6 Å². The van der Waals surface area contributed by atoms with E-state index < -0.39 is 11.8 Å². The van der Waals surface area contributed by atoms with Crippen LogP contribution >= 0.6 is 0 Å². The summed E-state index contributed by atoms with van der Waals surface area (Å²) in [5.74, 6) is -1.50. The summed E-state index contributed by atoms with van der Waals surface area (Å²) in [5, 5.41) is 9.81. The largest absolute Gasteiger partial charge is 0.477 e. The number of imidazole rings is 1. The van der Waals surface area contributed by atoms with Gasteiger partial charge in [0.2, 0.25) is 0 Å². The van der Waals surface area contributed by atoms with Gasteiger partial charge >= 0.3 is 5.97 Å². The van der Waals surface area contributed by atoms with Crippen LogP contribution in [0, 0.1) is 5.82 Å². The lowest BCUT2D eigenvalue weighted by Gasteiger charge is -2.03. The van der Waals surface area contributed by atoms with Crippen molar-refractivity contribution in [2.45, 2.75) is 0 Å². The van der Waals surface area contributed by atoms with Gasteiger partial charge in [-0.2, -0.15) is 0 Å². The van der Waals surface area contributed by atoms with Crippen LogP contribution in [0.25, 0.3) is 16.6 Å². The summed E-state index contributed by atoms with van der Waals surface area (Å²) in [4.78, 5) is 15.0. The molecule has 0 aliphatic heterocycles. The van der Waals surface area contributed by atoms with E-state index in [4.69, 9.17) is 5.11 Å². The van der Waals surface area contributed by atoms with E-state index in [1.165, 1.54) is 22.7 Å². The number of carbonyl (C=O) groups is 1. The Hall–Kier alpha value is -2.43. The second kappa shape index (κ2) is 3.28. The number of carboxylic acids is 1. The molecule has 0 unspecified atom stereocenters. The maximum Gasteiger partial charge on any atom is 0.354 e. The van der Waals surface area contributed by atoms with Gasteiger partial charge in [0.25, 0.3) is 0 Å². The van der Waals surface area contributed by atoms with E-state index in [9.17, 15) is 9.18 Å². The molecule has 0 spiro atoms. The van der Waals surface area contributed by atoms with Gasteiger partial charge in [-0.25, -0.2) is 14.2 Å². The summed E-state index contributed by atoms with van der Waals surface area (Å²) < 4.78 is 14.7. The Kier molecular flexibility index (Phi) is 1.89. The molecule has 0 atom stereocenters. The SMILES string of the molecule is O=C(O)c1cnc2ccc3ccc(F)cc3n12. The lowest BCUT2D eigenvalue weighted by Crippen LogP contribution is -2.02. The Bertz CT molecular complexity index is 749. The molecule has 2 aromatic heterocycles. The third-order valence-electron chi connectivity index (χ3n) is 2.65. The van der Waals surface area contributed by atoms with Gasteiger partial charge in [0.15, 0.2) is 5.69 Å². The number of nitrogens with zero attached hydrogens (tertiary/aromatic N) is 2. The molecule has 2 heterocycles. The molecule has 0 amide bonds. The van der Waals surface area contributed by atoms with Crippen LogP contribution in [0.15, 0.2) is 36.5 Å². The quantitative estimate of drug-likeness (QED) is 0.698. The van der Waals surface area contributed by atoms with E-state index in [-0.39, 0.29) is 5.69 Å². The molecule has 3 rings (SSSR count). The number of aromatic nitrogens is 2. The summed E-state index contributed by atoms with van der Waals surface area (Å²) in [6, 6.07) is 7.73. The van der Waals surface area contributed by atoms with Crippen LogP contribution in [-0.2, 0) is 0 Å². The molecular weight excluding hydrogens is 223 g/mol. The number of aromatic carboxylic acids is 1. The number of halogens is 1. The van der Waals surface area contributed by atoms with Crippen molar-refractivity contribution >= 4 is 22.5 Å². The van der Waals surface area contributed by atoms with E-state index in [1.54, 1.807) is 18.2 Å². The van der Waals surface area contributed by atoms with Crippen LogP contribution in [0.1, 0.15) is 10.5 Å². The smallest absolute Gasteiger partial charge is 0.354 e. The van der Waals surface area contributed by atoms with E-state index in [0.29, 0.717) is 11.2 Å². The highest BCUT2D eigenvalue weighted by molar-refractivity contribution is 5.91. The van der Waals surface area contributed by atoms with Gasteiger partial charge in [0, 0.05) is 0 Å². The first-order valence-corrected chi connectivity index (χ1v) is 4.96. The predicted molar refractivity (Wildman–Crippen MR) is 59.6 cm³/mol. The Labute approximate surface area is 94.9 Å². The molecule has 0 saturated carbocycles. The van der Waals surface area contributed by atoms with Gasteiger partial charge in [-0.3, -0.25) is 4.40 Å². The van der Waals surface area contributed by atoms with Crippen LogP contribution in [0.4, 0.5) is 4.39 Å². The molecule has 17 heavy (non-hydrogen) atoms. The highest BCUT2D eigenvalue weighted by Crippen LogP contribution is 2.19. The Morgan fingerprint density at radius 3 is 2.82 bits per heavy atom. The van der Waals surface area contributed by atoms with E-state index in [1.807, 2.05) is 0 Å². The van der Waals surface area contributed by atoms with Gasteiger partial charge in [0.05, 0.1) is 11.7 Å². The summed E-state index contributed by atoms with van der Waals surface area (Å²) in [6.45, 7) is 0. The van der Waals surface area contributed by atoms with Crippen molar-refractivity contribution < 1.29 is 14.3 Å². The molecule has 5 heteroatoms. The fraction of sp³-hybridized carbons (Fsp3) is 0. The van der Waals surface area contributed by atoms with Crippen LogP contribution in [0.2, 0.25) is 0 Å². The minimum absolute atomic E-state index is 0.0243. The van der Waals surface area contributed by atoms with Crippen molar-refractivity contribution in [2.75, 3.05) is 0 Å². The van der Waals surface area contributed by atoms with Crippen molar-refractivity contribution in [1.82, 2.24) is 9.38 Å². The van der Waals surface area contributed by atoms with E-state index in [0.717, 1.165) is 5.39 Å². The summed E-state index contributed by atoms with van der Waals surface area (Å²) in [5.41, 5.74) is 1.01. The van der Waals surface area contributed by atoms with Crippen molar-refractivity contribution in [3.63, 3.8) is 0 Å². The molecule has 0 radical (unpaired) electrons. The molecule has 1 N–H and O–H groups in total. The van der Waals surface area contributed by atoms with Gasteiger partial charge in [-0.05, 0) is 35.7 Å². The number of pyridine rings is 1. The monoisotopic (exact) mass is 230 g/mol. The maximum atomic E-state index is 13.2. The first-order valence-electron chi connectivity index (χ1n) is 4.96. The fourth-order valence-corrected chi connectivity index (χ4v) is 1.90. The van der Waals surface area contributed by atoms with Gasteiger partial charge < -0.3 is 5.11 Å². The molecule has 0 bridgehead atoms. The van der Waals surface area contributed by atoms with Crippen LogP contribution in [0.5, 0.6) is 0 Å². The molecule has 0 aliphatic carbocycles. The highest BCUT2D eigenvalue weighted by atomic mass is 19.1. The first-order chi connectivity index (χ1) is 8.16. The lowest BCUT2D eigenvalue weighted by molar-refractivity contribution is 0.0690. The van der Waals surface area contributed by atoms with Gasteiger partial charge in [-0.1, -0.05) is 0 Å². The van der Waals surface area contributed by atoms with E-state index >= 15 is 0 Å². The number of fused-ring (bicyclic) bond motifs is 3. The first kappa shape index (κ1) is 9.77. The zero-order chi connectivity index (χ0) is 12.0. The molecular formula is C12H7FN2O2. The van der Waals surface area contributed by atoms with Gasteiger partial charge in [0.1, 0.15) is 11.5 Å². The van der Waals surface area contributed by atoms with E-state index in [2.05, 4.69) is 4.98 Å². The zero-order valence-electron chi connectivity index (χ0n) is 8.59. The minimum atomic E-state index is -1.09. The number of rotatable bonds is 1. The van der Waals surface area contributed by atoms with Crippen molar-refractivity contribution in [2.24, 2.45) is 0 Å². The van der Waals surface area contributed by atoms with Gasteiger partial charge in [-0.15, -0.1) is 0 Å². The third kappa shape index (κ3) is 1.36. The zero-order valence-corrected chi connectivity index (χ0v) is 8.59. The second-order valence-electron chi connectivity index (χ2n) is 3.68. The van der Waals surface area contributed by atoms with Crippen LogP contribution in [-0.4, -0.2) is 20.5 Å². The highest BCUT2D eigenvalue weighted by Gasteiger charge is 2.12. The van der Waals surface area contributed by atoms with Crippen LogP contribution in [0.3, 0.4) is 0 Å². The fourth-order valence-electron chi connectivity index (χ4n) is 1.90. The number of carboxylic acid groups (broad SMARTS) is 1. The van der Waals surface area contributed by atoms with Crippen molar-refractivity contribution in [3.05, 3.63) is 48.0 Å². The van der Waals surface area contributed by atoms with Crippen molar-refractivity contribution in [1.29, 1.82) is 0 Å². The number of hydrogen-bond donors (Lipinski definition) is 1. The average molecular weight is 230 g/mol. The molecule has 0 fully saturated rings. The Balaban J connectivity index is 2.55. The summed E-state index contributed by atoms with van der Waals surface area (Å²) in [7, 11) is 0. The second-order valence-corrected chi connectivity index (χ2v) is 3.68. The molecule has 1 aromatic carbocycles. The number of hydrogen-bond acceptors (Lipinski definition) is 2. The molecule has 3 aromatic rings. The Morgan fingerprint density at radius 1 is 1.29 bits per heavy atom. The standard InChI is InChI=1S/C12H7FN2O2/c13-8-3-1-7-2-4-11-14-6-10(12(16)17)15(11)9(7)5-8/h1-6H,(H,16,17). The summed E-state index contributed by atoms with van der Waals surface area (Å²) >= 11 is 0. The van der Waals surface area contributed by atoms with Crippen molar-refractivity contribution in [3.8, 4) is 0 Å². The number of benzene rings is 1. The average Bonchev–Trinajstić information content (AvgIpc) is 2.73. The Morgan fingerprint density at radius 2 is 2.06 bits per heavy atom. The molecule has 4 nitrogen and oxygen atoms in total. The lowest BCUT2D eigenvalue weighted by atomic mass is 10.2. The predicted octanol–water partition coefficient (Wildman–Crippen LogP) is 2.32. The van der Waals surface area contributed by atoms with Crippen LogP contribution < -0.4 is 0 Å². The molecule has 0 saturated heterocycles. The minimum Gasteiger partial charge on any atom is -0.477 e. The normalized spacial score (nSPS) is 11.1. The molecule has 0 aliphatic rings. The summed E-state index contributed by atoms with van der Waals surface area (Å²) in [6.07, 6.45) is 1.27. The third-order valence-corrected chi connectivity index (χ3v) is 2.65. The maximum absolute atomic E-state index is 13.2.